The first-order valence-corrected chi connectivity index (χ1v) is 10.6. The first-order chi connectivity index (χ1) is 14.9. The average molecular weight is 441 g/mol. The van der Waals surface area contributed by atoms with E-state index in [1.807, 2.05) is 24.4 Å². The molecule has 1 aliphatic heterocycles. The standard InChI is InChI=1S/C24H29ClN4O2/c1-6-16(4)24-20(25)9-17(11-26)14-29(24)23(15(2)3)18-10-22(27-12-18)31-19-7-8-21(30-5)28-13-19/h7-10,12-14,27H,6,11,26H2,1-5H3/b24-16+. The monoisotopic (exact) mass is 440 g/mol. The molecule has 31 heavy (non-hydrogen) atoms. The predicted octanol–water partition coefficient (Wildman–Crippen LogP) is 5.93. The highest BCUT2D eigenvalue weighted by Gasteiger charge is 2.24. The van der Waals surface area contributed by atoms with Gasteiger partial charge in [-0.3, -0.25) is 0 Å². The number of aromatic amines is 1. The predicted molar refractivity (Wildman–Crippen MR) is 126 cm³/mol. The smallest absolute Gasteiger partial charge is 0.213 e. The number of nitrogens with two attached hydrogens (primary N) is 1. The lowest BCUT2D eigenvalue weighted by molar-refractivity contribution is 0.394. The summed E-state index contributed by atoms with van der Waals surface area (Å²) >= 11 is 6.69. The molecule has 0 fully saturated rings. The van der Waals surface area contributed by atoms with E-state index in [9.17, 15) is 0 Å². The van der Waals surface area contributed by atoms with Crippen LogP contribution in [0.3, 0.4) is 0 Å². The van der Waals surface area contributed by atoms with Crippen molar-refractivity contribution in [3.63, 3.8) is 0 Å². The highest BCUT2D eigenvalue weighted by Crippen LogP contribution is 2.38. The summed E-state index contributed by atoms with van der Waals surface area (Å²) in [6, 6.07) is 5.53. The molecule has 7 heteroatoms. The van der Waals surface area contributed by atoms with Crippen LogP contribution < -0.4 is 15.2 Å². The highest BCUT2D eigenvalue weighted by molar-refractivity contribution is 6.32. The van der Waals surface area contributed by atoms with Crippen LogP contribution >= 0.6 is 11.6 Å². The van der Waals surface area contributed by atoms with E-state index >= 15 is 0 Å². The molecule has 0 radical (unpaired) electrons. The maximum absolute atomic E-state index is 6.69. The van der Waals surface area contributed by atoms with Crippen LogP contribution in [0.15, 0.2) is 70.3 Å². The summed E-state index contributed by atoms with van der Waals surface area (Å²) in [5.74, 6) is 1.76. The molecule has 0 saturated heterocycles. The van der Waals surface area contributed by atoms with E-state index < -0.39 is 0 Å². The van der Waals surface area contributed by atoms with E-state index in [1.54, 1.807) is 19.4 Å². The molecule has 164 valence electrons. The summed E-state index contributed by atoms with van der Waals surface area (Å²) in [7, 11) is 1.58. The number of nitrogens with one attached hydrogen (secondary N) is 1. The Bertz CT molecular complexity index is 1060. The molecule has 0 spiro atoms. The molecule has 0 saturated carbocycles. The van der Waals surface area contributed by atoms with Crippen molar-refractivity contribution in [1.29, 1.82) is 0 Å². The number of hydrogen-bond donors (Lipinski definition) is 2. The topological polar surface area (TPSA) is 76.4 Å². The number of allylic oxidation sites excluding steroid dienone is 3. The van der Waals surface area contributed by atoms with Crippen LogP contribution in [0.5, 0.6) is 17.5 Å². The van der Waals surface area contributed by atoms with Crippen LogP contribution in [-0.4, -0.2) is 28.5 Å². The van der Waals surface area contributed by atoms with Gasteiger partial charge in [-0.2, -0.15) is 0 Å². The fourth-order valence-electron chi connectivity index (χ4n) is 3.39. The molecule has 2 aromatic heterocycles. The maximum atomic E-state index is 6.69. The second kappa shape index (κ2) is 9.90. The molecule has 0 aliphatic carbocycles. The highest BCUT2D eigenvalue weighted by atomic mass is 35.5. The van der Waals surface area contributed by atoms with Crippen molar-refractivity contribution < 1.29 is 9.47 Å². The molecule has 6 nitrogen and oxygen atoms in total. The third-order valence-corrected chi connectivity index (χ3v) is 5.32. The lowest BCUT2D eigenvalue weighted by Crippen LogP contribution is -2.23. The van der Waals surface area contributed by atoms with Gasteiger partial charge < -0.3 is 25.1 Å². The van der Waals surface area contributed by atoms with Gasteiger partial charge in [-0.05, 0) is 50.5 Å². The number of rotatable bonds is 7. The summed E-state index contributed by atoms with van der Waals surface area (Å²) < 4.78 is 11.0. The molecule has 0 atom stereocenters. The largest absolute Gasteiger partial charge is 0.481 e. The molecule has 2 aromatic rings. The van der Waals surface area contributed by atoms with Gasteiger partial charge in [0.2, 0.25) is 5.88 Å². The minimum atomic E-state index is 0.410. The zero-order chi connectivity index (χ0) is 22.5. The minimum absolute atomic E-state index is 0.410. The van der Waals surface area contributed by atoms with Crippen LogP contribution in [-0.2, 0) is 0 Å². The molecule has 0 amide bonds. The molecule has 1 aliphatic rings. The Kier molecular flexibility index (Phi) is 7.25. The van der Waals surface area contributed by atoms with E-state index in [0.717, 1.165) is 34.5 Å². The normalized spacial score (nSPS) is 15.3. The van der Waals surface area contributed by atoms with Gasteiger partial charge in [0.1, 0.15) is 5.75 Å². The third kappa shape index (κ3) is 5.03. The van der Waals surface area contributed by atoms with Gasteiger partial charge in [-0.15, -0.1) is 0 Å². The van der Waals surface area contributed by atoms with Gasteiger partial charge in [0.15, 0.2) is 5.88 Å². The van der Waals surface area contributed by atoms with Crippen LogP contribution in [0.25, 0.3) is 5.70 Å². The van der Waals surface area contributed by atoms with E-state index in [0.29, 0.717) is 29.1 Å². The third-order valence-electron chi connectivity index (χ3n) is 5.04. The van der Waals surface area contributed by atoms with E-state index in [4.69, 9.17) is 26.8 Å². The van der Waals surface area contributed by atoms with Gasteiger partial charge in [0.05, 0.1) is 29.7 Å². The average Bonchev–Trinajstić information content (AvgIpc) is 3.21. The SMILES string of the molecule is CC/C(C)=C1\C(Cl)=CC(CN)=CN1C(=C(C)C)c1c[nH]c(Oc2ccc(OC)nc2)c1. The zero-order valence-electron chi connectivity index (χ0n) is 18.6. The summed E-state index contributed by atoms with van der Waals surface area (Å²) in [5.41, 5.74) is 12.2. The van der Waals surface area contributed by atoms with Crippen molar-refractivity contribution in [3.05, 3.63) is 75.9 Å². The number of hydrogen-bond acceptors (Lipinski definition) is 5. The molecular formula is C24H29ClN4O2. The number of ether oxygens (including phenoxy) is 2. The molecule has 3 rings (SSSR count). The fraction of sp³-hybridized carbons (Fsp3) is 0.292. The first-order valence-electron chi connectivity index (χ1n) is 10.2. The minimum Gasteiger partial charge on any atom is -0.481 e. The van der Waals surface area contributed by atoms with Gasteiger partial charge in [-0.25, -0.2) is 4.98 Å². The maximum Gasteiger partial charge on any atom is 0.213 e. The van der Waals surface area contributed by atoms with Crippen molar-refractivity contribution in [2.45, 2.75) is 34.1 Å². The number of halogens is 1. The number of H-pyrrole nitrogens is 1. The molecule has 3 N–H and O–H groups in total. The summed E-state index contributed by atoms with van der Waals surface area (Å²) in [6.07, 6.45) is 8.44. The first kappa shape index (κ1) is 22.7. The van der Waals surface area contributed by atoms with E-state index in [1.165, 1.54) is 5.57 Å². The van der Waals surface area contributed by atoms with Crippen molar-refractivity contribution in [2.75, 3.05) is 13.7 Å². The van der Waals surface area contributed by atoms with Crippen LogP contribution in [0.4, 0.5) is 0 Å². The summed E-state index contributed by atoms with van der Waals surface area (Å²) in [5, 5.41) is 0.692. The van der Waals surface area contributed by atoms with Crippen LogP contribution in [0, 0.1) is 0 Å². The Morgan fingerprint density at radius 2 is 2.03 bits per heavy atom. The van der Waals surface area contributed by atoms with Crippen molar-refractivity contribution in [3.8, 4) is 17.5 Å². The Labute approximate surface area is 188 Å². The van der Waals surface area contributed by atoms with Gasteiger partial charge >= 0.3 is 0 Å². The lowest BCUT2D eigenvalue weighted by atomic mass is 10.0. The summed E-state index contributed by atoms with van der Waals surface area (Å²) in [6.45, 7) is 8.80. The van der Waals surface area contributed by atoms with Crippen molar-refractivity contribution in [1.82, 2.24) is 14.9 Å². The number of aromatic nitrogens is 2. The molecule has 0 bridgehead atoms. The quantitative estimate of drug-likeness (QED) is 0.558. The summed E-state index contributed by atoms with van der Waals surface area (Å²) in [4.78, 5) is 9.52. The van der Waals surface area contributed by atoms with Gasteiger partial charge in [0.25, 0.3) is 0 Å². The zero-order valence-corrected chi connectivity index (χ0v) is 19.4. The fourth-order valence-corrected chi connectivity index (χ4v) is 3.78. The van der Waals surface area contributed by atoms with Crippen LogP contribution in [0.1, 0.15) is 39.7 Å². The van der Waals surface area contributed by atoms with Gasteiger partial charge in [-0.1, -0.05) is 24.1 Å². The van der Waals surface area contributed by atoms with Crippen LogP contribution in [0.2, 0.25) is 0 Å². The number of pyridine rings is 1. The second-order valence-electron chi connectivity index (χ2n) is 7.49. The number of nitrogens with zero attached hydrogens (tertiary/aromatic N) is 2. The molecule has 0 aromatic carbocycles. The number of methoxy groups -OCH3 is 1. The Morgan fingerprint density at radius 3 is 2.61 bits per heavy atom. The molecule has 3 heterocycles. The van der Waals surface area contributed by atoms with Crippen molar-refractivity contribution >= 4 is 17.3 Å². The van der Waals surface area contributed by atoms with E-state index in [2.05, 4.69) is 48.8 Å². The Morgan fingerprint density at radius 1 is 1.26 bits per heavy atom. The molecular weight excluding hydrogens is 412 g/mol. The van der Waals surface area contributed by atoms with E-state index in [-0.39, 0.29) is 0 Å². The Hall–Kier alpha value is -2.96. The lowest BCUT2D eigenvalue weighted by Gasteiger charge is -2.32. The molecule has 0 unspecified atom stereocenters. The van der Waals surface area contributed by atoms with Gasteiger partial charge in [0, 0.05) is 36.6 Å². The van der Waals surface area contributed by atoms with Crippen molar-refractivity contribution in [2.24, 2.45) is 5.73 Å². The second-order valence-corrected chi connectivity index (χ2v) is 7.90. The Balaban J connectivity index is 1.98.